The van der Waals surface area contributed by atoms with Gasteiger partial charge >= 0.3 is 0 Å². The molecule has 4 N–H and O–H groups in total. The van der Waals surface area contributed by atoms with Crippen LogP contribution >= 0.6 is 0 Å². The maximum absolute atomic E-state index is 14.9. The minimum atomic E-state index is -1.36. The molecule has 2 aromatic heterocycles. The Bertz CT molecular complexity index is 1680. The standard InChI is InChI=1S/C31H33FN6O4/c1-17-21(12-13-22(32)26(17)35-28(40)18-7-10-20(11-8-18)31(2,3)4)23-15-24(29(41)37-36-23)34-25-14-9-19(16-33-25)27(39)30(42)38(5)6/h7-16,27,39H,1-6H3,(H,35,40)(H,37,41)(H,33,34,36)/t27-/m0/s1. The van der Waals surface area contributed by atoms with Gasteiger partial charge in [-0.1, -0.05) is 39.0 Å². The number of carbonyl (C=O) groups is 2. The van der Waals surface area contributed by atoms with Gasteiger partial charge < -0.3 is 20.6 Å². The summed E-state index contributed by atoms with van der Waals surface area (Å²) in [5.74, 6) is -1.28. The van der Waals surface area contributed by atoms with E-state index in [4.69, 9.17) is 0 Å². The first-order valence-corrected chi connectivity index (χ1v) is 13.2. The molecule has 0 aliphatic heterocycles. The smallest absolute Gasteiger partial charge is 0.287 e. The Morgan fingerprint density at radius 2 is 1.74 bits per heavy atom. The van der Waals surface area contributed by atoms with Gasteiger partial charge in [-0.15, -0.1) is 0 Å². The number of halogens is 1. The van der Waals surface area contributed by atoms with Gasteiger partial charge in [-0.05, 0) is 59.9 Å². The third-order valence-corrected chi connectivity index (χ3v) is 6.78. The highest BCUT2D eigenvalue weighted by Crippen LogP contribution is 2.31. The molecular formula is C31H33FN6O4. The van der Waals surface area contributed by atoms with Gasteiger partial charge in [-0.25, -0.2) is 14.5 Å². The van der Waals surface area contributed by atoms with E-state index in [0.717, 1.165) is 5.56 Å². The predicted molar refractivity (Wildman–Crippen MR) is 159 cm³/mol. The van der Waals surface area contributed by atoms with Crippen molar-refractivity contribution < 1.29 is 19.1 Å². The maximum atomic E-state index is 14.9. The number of aromatic nitrogens is 3. The first kappa shape index (κ1) is 30.1. The second-order valence-corrected chi connectivity index (χ2v) is 11.1. The van der Waals surface area contributed by atoms with Crippen molar-refractivity contribution in [2.75, 3.05) is 24.7 Å². The number of amides is 2. The molecule has 11 heteroatoms. The summed E-state index contributed by atoms with van der Waals surface area (Å²) >= 11 is 0. The summed E-state index contributed by atoms with van der Waals surface area (Å²) in [5, 5.41) is 22.3. The van der Waals surface area contributed by atoms with E-state index in [2.05, 4.69) is 46.6 Å². The van der Waals surface area contributed by atoms with Crippen molar-refractivity contribution in [3.05, 3.63) is 99.2 Å². The van der Waals surface area contributed by atoms with Crippen LogP contribution in [0.25, 0.3) is 11.3 Å². The molecule has 2 aromatic carbocycles. The van der Waals surface area contributed by atoms with E-state index >= 15 is 0 Å². The first-order chi connectivity index (χ1) is 19.8. The van der Waals surface area contributed by atoms with Crippen LogP contribution in [0, 0.1) is 12.7 Å². The summed E-state index contributed by atoms with van der Waals surface area (Å²) in [7, 11) is 3.07. The van der Waals surface area contributed by atoms with Crippen LogP contribution in [0.2, 0.25) is 0 Å². The van der Waals surface area contributed by atoms with E-state index in [1.165, 1.54) is 55.5 Å². The molecule has 0 fully saturated rings. The van der Waals surface area contributed by atoms with E-state index in [1.54, 1.807) is 19.1 Å². The molecule has 10 nitrogen and oxygen atoms in total. The number of rotatable bonds is 7. The molecule has 4 rings (SSSR count). The lowest BCUT2D eigenvalue weighted by Gasteiger charge is -2.19. The van der Waals surface area contributed by atoms with Gasteiger partial charge in [0.1, 0.15) is 17.3 Å². The number of aromatic amines is 1. The van der Waals surface area contributed by atoms with Crippen LogP contribution in [-0.4, -0.2) is 51.1 Å². The number of anilines is 3. The number of aliphatic hydroxyl groups is 1. The Balaban J connectivity index is 1.58. The SMILES string of the molecule is Cc1c(-c2cc(Nc3ccc([C@H](O)C(=O)N(C)C)cn3)c(=O)[nH]n2)ccc(F)c1NC(=O)c1ccc(C(C)(C)C)cc1. The number of pyridine rings is 1. The maximum Gasteiger partial charge on any atom is 0.287 e. The van der Waals surface area contributed by atoms with E-state index in [-0.39, 0.29) is 22.6 Å². The van der Waals surface area contributed by atoms with Crippen molar-refractivity contribution in [3.8, 4) is 11.3 Å². The fourth-order valence-corrected chi connectivity index (χ4v) is 4.22. The lowest BCUT2D eigenvalue weighted by Crippen LogP contribution is -2.28. The molecule has 1 atom stereocenters. The molecule has 0 aliphatic rings. The van der Waals surface area contributed by atoms with Crippen LogP contribution in [0.4, 0.5) is 21.6 Å². The molecule has 218 valence electrons. The van der Waals surface area contributed by atoms with Gasteiger partial charge in [-0.2, -0.15) is 5.10 Å². The molecule has 0 saturated carbocycles. The van der Waals surface area contributed by atoms with E-state index in [9.17, 15) is 23.9 Å². The highest BCUT2D eigenvalue weighted by molar-refractivity contribution is 6.05. The average molecular weight is 573 g/mol. The zero-order valence-corrected chi connectivity index (χ0v) is 24.2. The monoisotopic (exact) mass is 572 g/mol. The van der Waals surface area contributed by atoms with Crippen molar-refractivity contribution in [2.45, 2.75) is 39.2 Å². The summed E-state index contributed by atoms with van der Waals surface area (Å²) in [6.45, 7) is 7.88. The summed E-state index contributed by atoms with van der Waals surface area (Å²) in [6.07, 6.45) is -0.0306. The number of hydrogen-bond donors (Lipinski definition) is 4. The lowest BCUT2D eigenvalue weighted by atomic mass is 9.86. The number of aliphatic hydroxyl groups excluding tert-OH is 1. The summed E-state index contributed by atoms with van der Waals surface area (Å²) in [5.41, 5.74) is 2.50. The van der Waals surface area contributed by atoms with Crippen LogP contribution in [0.5, 0.6) is 0 Å². The fourth-order valence-electron chi connectivity index (χ4n) is 4.22. The Morgan fingerprint density at radius 1 is 1.05 bits per heavy atom. The highest BCUT2D eigenvalue weighted by atomic mass is 19.1. The van der Waals surface area contributed by atoms with Crippen LogP contribution < -0.4 is 16.2 Å². The van der Waals surface area contributed by atoms with Gasteiger partial charge in [0.25, 0.3) is 17.4 Å². The molecule has 0 unspecified atom stereocenters. The fraction of sp³-hybridized carbons (Fsp3) is 0.258. The van der Waals surface area contributed by atoms with E-state index in [1.807, 2.05) is 12.1 Å². The topological polar surface area (TPSA) is 140 Å². The molecule has 42 heavy (non-hydrogen) atoms. The average Bonchev–Trinajstić information content (AvgIpc) is 2.95. The zero-order valence-electron chi connectivity index (χ0n) is 24.2. The number of H-pyrrole nitrogens is 1. The first-order valence-electron chi connectivity index (χ1n) is 13.2. The predicted octanol–water partition coefficient (Wildman–Crippen LogP) is 4.69. The Hall–Kier alpha value is -4.90. The highest BCUT2D eigenvalue weighted by Gasteiger charge is 2.20. The van der Waals surface area contributed by atoms with Crippen LogP contribution in [0.15, 0.2) is 65.6 Å². The molecule has 2 heterocycles. The van der Waals surface area contributed by atoms with Crippen LogP contribution in [0.3, 0.4) is 0 Å². The van der Waals surface area contributed by atoms with E-state index in [0.29, 0.717) is 27.9 Å². The van der Waals surface area contributed by atoms with Gasteiger partial charge in [0.05, 0.1) is 11.4 Å². The molecule has 2 amide bonds. The molecule has 0 aliphatic carbocycles. The minimum absolute atomic E-state index is 0.00277. The van der Waals surface area contributed by atoms with Crippen molar-refractivity contribution in [2.24, 2.45) is 0 Å². The van der Waals surface area contributed by atoms with E-state index < -0.39 is 29.3 Å². The number of hydrogen-bond acceptors (Lipinski definition) is 7. The number of benzene rings is 2. The van der Waals surface area contributed by atoms with Crippen molar-refractivity contribution >= 4 is 29.0 Å². The second-order valence-electron chi connectivity index (χ2n) is 11.1. The minimum Gasteiger partial charge on any atom is -0.378 e. The van der Waals surface area contributed by atoms with Crippen molar-refractivity contribution in [1.82, 2.24) is 20.1 Å². The number of nitrogens with zero attached hydrogens (tertiary/aromatic N) is 3. The number of nitrogens with one attached hydrogen (secondary N) is 3. The molecule has 0 spiro atoms. The summed E-state index contributed by atoms with van der Waals surface area (Å²) in [6, 6.07) is 14.4. The Kier molecular flexibility index (Phi) is 8.53. The van der Waals surface area contributed by atoms with Crippen LogP contribution in [-0.2, 0) is 10.2 Å². The van der Waals surface area contributed by atoms with Gasteiger partial charge in [0, 0.05) is 37.0 Å². The summed E-state index contributed by atoms with van der Waals surface area (Å²) in [4.78, 5) is 43.0. The van der Waals surface area contributed by atoms with Crippen molar-refractivity contribution in [1.29, 1.82) is 0 Å². The van der Waals surface area contributed by atoms with Crippen molar-refractivity contribution in [3.63, 3.8) is 0 Å². The Labute approximate surface area is 242 Å². The number of likely N-dealkylation sites (N-methyl/N-ethyl adjacent to an activating group) is 1. The largest absolute Gasteiger partial charge is 0.378 e. The second kappa shape index (κ2) is 11.9. The van der Waals surface area contributed by atoms with Crippen LogP contribution in [0.1, 0.15) is 53.9 Å². The third-order valence-electron chi connectivity index (χ3n) is 6.78. The molecule has 4 aromatic rings. The van der Waals surface area contributed by atoms with Gasteiger partial charge in [0.2, 0.25) is 0 Å². The Morgan fingerprint density at radius 3 is 2.33 bits per heavy atom. The molecule has 0 saturated heterocycles. The zero-order chi connectivity index (χ0) is 30.8. The van der Waals surface area contributed by atoms with Gasteiger partial charge in [-0.3, -0.25) is 14.4 Å². The molecular weight excluding hydrogens is 539 g/mol. The normalized spacial score (nSPS) is 12.0. The third kappa shape index (κ3) is 6.52. The quantitative estimate of drug-likeness (QED) is 0.252. The lowest BCUT2D eigenvalue weighted by molar-refractivity contribution is -0.137. The molecule has 0 radical (unpaired) electrons. The van der Waals surface area contributed by atoms with Gasteiger partial charge in [0.15, 0.2) is 6.10 Å². The number of carbonyl (C=O) groups excluding carboxylic acids is 2. The molecule has 0 bridgehead atoms. The summed E-state index contributed by atoms with van der Waals surface area (Å²) < 4.78 is 14.9.